The maximum Gasteiger partial charge on any atom is 0.328 e. The molecule has 0 fully saturated rings. The molecular formula is C14H26N2O4. The molecule has 0 spiro atoms. The van der Waals surface area contributed by atoms with Gasteiger partial charge in [-0.2, -0.15) is 0 Å². The van der Waals surface area contributed by atoms with Gasteiger partial charge < -0.3 is 15.4 Å². The van der Waals surface area contributed by atoms with Crippen LogP contribution in [0, 0.1) is 5.92 Å². The van der Waals surface area contributed by atoms with E-state index in [1.807, 2.05) is 20.8 Å². The molecule has 0 aromatic heterocycles. The van der Waals surface area contributed by atoms with E-state index in [1.165, 1.54) is 6.92 Å². The van der Waals surface area contributed by atoms with Gasteiger partial charge in [0.1, 0.15) is 12.1 Å². The van der Waals surface area contributed by atoms with Crippen LogP contribution < -0.4 is 10.6 Å². The van der Waals surface area contributed by atoms with Crippen LogP contribution in [0.3, 0.4) is 0 Å². The Labute approximate surface area is 120 Å². The highest BCUT2D eigenvalue weighted by atomic mass is 16.5. The second kappa shape index (κ2) is 9.34. The molecule has 0 bridgehead atoms. The molecule has 0 rings (SSSR count). The largest absolute Gasteiger partial charge is 0.464 e. The lowest BCUT2D eigenvalue weighted by Crippen LogP contribution is -2.52. The van der Waals surface area contributed by atoms with Crippen LogP contribution in [0.25, 0.3) is 0 Å². The van der Waals surface area contributed by atoms with Crippen LogP contribution in [0.15, 0.2) is 0 Å². The zero-order valence-electron chi connectivity index (χ0n) is 13.0. The first-order chi connectivity index (χ1) is 9.29. The minimum Gasteiger partial charge on any atom is -0.464 e. The summed E-state index contributed by atoms with van der Waals surface area (Å²) >= 11 is 0. The third-order valence-corrected chi connectivity index (χ3v) is 2.77. The summed E-state index contributed by atoms with van der Waals surface area (Å²) in [7, 11) is 0. The van der Waals surface area contributed by atoms with E-state index in [0.29, 0.717) is 6.61 Å². The van der Waals surface area contributed by atoms with Crippen molar-refractivity contribution in [3.8, 4) is 0 Å². The minimum absolute atomic E-state index is 0.0856. The summed E-state index contributed by atoms with van der Waals surface area (Å²) in [6.07, 6.45) is 1.73. The summed E-state index contributed by atoms with van der Waals surface area (Å²) in [6, 6.07) is -1.38. The first-order valence-corrected chi connectivity index (χ1v) is 7.03. The molecule has 0 aliphatic heterocycles. The molecule has 0 aliphatic carbocycles. The topological polar surface area (TPSA) is 84.5 Å². The van der Waals surface area contributed by atoms with Gasteiger partial charge in [0.15, 0.2) is 0 Å². The normalized spacial score (nSPS) is 13.5. The first kappa shape index (κ1) is 18.4. The fourth-order valence-corrected chi connectivity index (χ4v) is 1.55. The summed E-state index contributed by atoms with van der Waals surface area (Å²) < 4.78 is 5.13. The van der Waals surface area contributed by atoms with Gasteiger partial charge in [-0.1, -0.05) is 27.2 Å². The van der Waals surface area contributed by atoms with Gasteiger partial charge in [0, 0.05) is 6.92 Å². The van der Waals surface area contributed by atoms with Gasteiger partial charge in [-0.05, 0) is 19.3 Å². The number of rotatable bonds is 8. The lowest BCUT2D eigenvalue weighted by atomic mass is 10.0. The quantitative estimate of drug-likeness (QED) is 0.515. The fraction of sp³-hybridized carbons (Fsp3) is 0.786. The standard InChI is InChI=1S/C14H26N2O4/c1-6-7-8-20-14(19)12(9(2)3)16-13(18)10(4)15-11(5)17/h9-10,12H,6-8H2,1-5H3,(H,15,17)(H,16,18)/t10-,12+/m0/s1. The van der Waals surface area contributed by atoms with Gasteiger partial charge in [0.25, 0.3) is 0 Å². The predicted molar refractivity (Wildman–Crippen MR) is 75.9 cm³/mol. The van der Waals surface area contributed by atoms with Crippen LogP contribution in [-0.2, 0) is 19.1 Å². The summed E-state index contributed by atoms with van der Waals surface area (Å²) in [5.41, 5.74) is 0. The molecule has 0 saturated heterocycles. The van der Waals surface area contributed by atoms with Crippen molar-refractivity contribution in [3.63, 3.8) is 0 Å². The van der Waals surface area contributed by atoms with Gasteiger partial charge in [-0.25, -0.2) is 4.79 Å². The second-order valence-electron chi connectivity index (χ2n) is 5.17. The Hall–Kier alpha value is -1.59. The van der Waals surface area contributed by atoms with E-state index in [0.717, 1.165) is 12.8 Å². The molecule has 6 nitrogen and oxygen atoms in total. The van der Waals surface area contributed by atoms with Crippen molar-refractivity contribution in [1.82, 2.24) is 10.6 Å². The highest BCUT2D eigenvalue weighted by Gasteiger charge is 2.27. The van der Waals surface area contributed by atoms with Crippen molar-refractivity contribution < 1.29 is 19.1 Å². The molecular weight excluding hydrogens is 260 g/mol. The van der Waals surface area contributed by atoms with Crippen molar-refractivity contribution in [2.24, 2.45) is 5.92 Å². The minimum atomic E-state index is -0.699. The van der Waals surface area contributed by atoms with Gasteiger partial charge in [-0.3, -0.25) is 9.59 Å². The smallest absolute Gasteiger partial charge is 0.328 e. The van der Waals surface area contributed by atoms with Crippen LogP contribution in [0.5, 0.6) is 0 Å². The lowest BCUT2D eigenvalue weighted by molar-refractivity contribution is -0.149. The van der Waals surface area contributed by atoms with Crippen LogP contribution in [0.2, 0.25) is 0 Å². The number of unbranched alkanes of at least 4 members (excludes halogenated alkanes) is 1. The third kappa shape index (κ3) is 7.11. The molecule has 0 saturated carbocycles. The molecule has 6 heteroatoms. The summed E-state index contributed by atoms with van der Waals surface area (Å²) in [5, 5.41) is 5.10. The van der Waals surface area contributed by atoms with Crippen LogP contribution in [0.1, 0.15) is 47.5 Å². The number of nitrogens with one attached hydrogen (secondary N) is 2. The summed E-state index contributed by atoms with van der Waals surface area (Å²) in [5.74, 6) is -1.21. The Bertz CT molecular complexity index is 342. The predicted octanol–water partition coefficient (Wildman–Crippen LogP) is 0.995. The van der Waals surface area contributed by atoms with Gasteiger partial charge in [0.2, 0.25) is 11.8 Å². The molecule has 2 amide bonds. The third-order valence-electron chi connectivity index (χ3n) is 2.77. The molecule has 2 atom stereocenters. The molecule has 0 aromatic rings. The highest BCUT2D eigenvalue weighted by molar-refractivity contribution is 5.90. The van der Waals surface area contributed by atoms with Crippen LogP contribution in [0.4, 0.5) is 0 Å². The van der Waals surface area contributed by atoms with Crippen molar-refractivity contribution in [2.75, 3.05) is 6.61 Å². The average Bonchev–Trinajstić information content (AvgIpc) is 2.34. The Morgan fingerprint density at radius 3 is 2.15 bits per heavy atom. The Morgan fingerprint density at radius 1 is 1.10 bits per heavy atom. The number of hydrogen-bond donors (Lipinski definition) is 2. The lowest BCUT2D eigenvalue weighted by Gasteiger charge is -2.23. The number of carbonyl (C=O) groups excluding carboxylic acids is 3. The molecule has 0 radical (unpaired) electrons. The fourth-order valence-electron chi connectivity index (χ4n) is 1.55. The number of hydrogen-bond acceptors (Lipinski definition) is 4. The maximum absolute atomic E-state index is 11.9. The van der Waals surface area contributed by atoms with Crippen molar-refractivity contribution in [1.29, 1.82) is 0 Å². The van der Waals surface area contributed by atoms with Gasteiger partial charge >= 0.3 is 5.97 Å². The molecule has 0 unspecified atom stereocenters. The molecule has 0 heterocycles. The monoisotopic (exact) mass is 286 g/mol. The second-order valence-corrected chi connectivity index (χ2v) is 5.17. The molecule has 2 N–H and O–H groups in total. The van der Waals surface area contributed by atoms with Crippen molar-refractivity contribution >= 4 is 17.8 Å². The molecule has 0 aromatic carbocycles. The van der Waals surface area contributed by atoms with E-state index >= 15 is 0 Å². The number of ether oxygens (including phenoxy) is 1. The van der Waals surface area contributed by atoms with E-state index in [1.54, 1.807) is 6.92 Å². The first-order valence-electron chi connectivity index (χ1n) is 7.03. The summed E-state index contributed by atoms with van der Waals surface area (Å²) in [4.78, 5) is 34.7. The highest BCUT2D eigenvalue weighted by Crippen LogP contribution is 2.05. The van der Waals surface area contributed by atoms with E-state index in [4.69, 9.17) is 4.74 Å². The van der Waals surface area contributed by atoms with E-state index in [-0.39, 0.29) is 11.8 Å². The Kier molecular flexibility index (Phi) is 8.59. The van der Waals surface area contributed by atoms with Gasteiger partial charge in [0.05, 0.1) is 6.61 Å². The number of amides is 2. The molecule has 20 heavy (non-hydrogen) atoms. The molecule has 0 aliphatic rings. The zero-order chi connectivity index (χ0) is 15.7. The maximum atomic E-state index is 11.9. The van der Waals surface area contributed by atoms with E-state index < -0.39 is 24.0 Å². The number of esters is 1. The molecule has 116 valence electrons. The van der Waals surface area contributed by atoms with Crippen molar-refractivity contribution in [3.05, 3.63) is 0 Å². The van der Waals surface area contributed by atoms with Crippen LogP contribution in [-0.4, -0.2) is 36.5 Å². The Morgan fingerprint density at radius 2 is 1.70 bits per heavy atom. The zero-order valence-corrected chi connectivity index (χ0v) is 13.0. The SMILES string of the molecule is CCCCOC(=O)[C@H](NC(=O)[C@H](C)NC(C)=O)C(C)C. The van der Waals surface area contributed by atoms with E-state index in [2.05, 4.69) is 10.6 Å². The summed E-state index contributed by atoms with van der Waals surface area (Å²) in [6.45, 7) is 8.92. The number of carbonyl (C=O) groups is 3. The Balaban J connectivity index is 4.49. The average molecular weight is 286 g/mol. The van der Waals surface area contributed by atoms with Crippen LogP contribution >= 0.6 is 0 Å². The van der Waals surface area contributed by atoms with E-state index in [9.17, 15) is 14.4 Å². The van der Waals surface area contributed by atoms with Crippen molar-refractivity contribution in [2.45, 2.75) is 59.5 Å². The van der Waals surface area contributed by atoms with Gasteiger partial charge in [-0.15, -0.1) is 0 Å².